The van der Waals surface area contributed by atoms with Gasteiger partial charge in [0.25, 0.3) is 0 Å². The maximum absolute atomic E-state index is 12.5. The van der Waals surface area contributed by atoms with E-state index in [1.165, 1.54) is 11.8 Å². The van der Waals surface area contributed by atoms with E-state index in [9.17, 15) is 4.79 Å². The number of benzene rings is 1. The van der Waals surface area contributed by atoms with Crippen LogP contribution in [0, 0.1) is 0 Å². The minimum absolute atomic E-state index is 0.0100. The van der Waals surface area contributed by atoms with Crippen LogP contribution in [0.25, 0.3) is 0 Å². The van der Waals surface area contributed by atoms with Gasteiger partial charge in [0.05, 0.1) is 39.7 Å². The maximum Gasteiger partial charge on any atom is 0.242 e. The molecule has 0 aromatic heterocycles. The zero-order chi connectivity index (χ0) is 17.7. The second-order valence-corrected chi connectivity index (χ2v) is 6.93. The van der Waals surface area contributed by atoms with Crippen molar-refractivity contribution in [2.24, 2.45) is 0 Å². The van der Waals surface area contributed by atoms with Crippen molar-refractivity contribution in [1.82, 2.24) is 4.90 Å². The van der Waals surface area contributed by atoms with Gasteiger partial charge in [-0.15, -0.1) is 0 Å². The fraction of sp³-hybridized carbons (Fsp3) is 0.500. The summed E-state index contributed by atoms with van der Waals surface area (Å²) in [6, 6.07) is 3.71. The average molecular weight is 371 g/mol. The molecule has 1 saturated heterocycles. The van der Waals surface area contributed by atoms with E-state index in [0.717, 1.165) is 5.56 Å². The molecule has 1 atom stereocenters. The molecule has 0 radical (unpaired) electrons. The first-order chi connectivity index (χ1) is 11.5. The van der Waals surface area contributed by atoms with E-state index < -0.39 is 0 Å². The van der Waals surface area contributed by atoms with Crippen molar-refractivity contribution in [2.75, 3.05) is 41.6 Å². The summed E-state index contributed by atoms with van der Waals surface area (Å²) >= 11 is 6.71. The third kappa shape index (κ3) is 3.93. The number of amides is 1. The second kappa shape index (κ2) is 8.55. The molecule has 1 aromatic carbocycles. The molecule has 0 bridgehead atoms. The number of nitrogens with zero attached hydrogens (tertiary/aromatic N) is 1. The number of carbonyl (C=O) groups excluding carboxylic acids is 1. The fourth-order valence-electron chi connectivity index (χ4n) is 2.48. The SMILES string of the molecule is COCCN1C(=O)[C@H](Cc2cc(OC)c(OC)c(OC)c2)SC1=S. The zero-order valence-electron chi connectivity index (χ0n) is 14.2. The Kier molecular flexibility index (Phi) is 6.70. The summed E-state index contributed by atoms with van der Waals surface area (Å²) in [6.07, 6.45) is 0.532. The van der Waals surface area contributed by atoms with Gasteiger partial charge in [-0.1, -0.05) is 24.0 Å². The Balaban J connectivity index is 2.19. The van der Waals surface area contributed by atoms with Crippen molar-refractivity contribution in [1.29, 1.82) is 0 Å². The highest BCUT2D eigenvalue weighted by molar-refractivity contribution is 8.24. The van der Waals surface area contributed by atoms with Crippen LogP contribution in [0.15, 0.2) is 12.1 Å². The molecular weight excluding hydrogens is 350 g/mol. The van der Waals surface area contributed by atoms with Crippen molar-refractivity contribution >= 4 is 34.2 Å². The molecule has 24 heavy (non-hydrogen) atoms. The summed E-state index contributed by atoms with van der Waals surface area (Å²) in [5.41, 5.74) is 0.923. The third-order valence-electron chi connectivity index (χ3n) is 3.67. The molecule has 8 heteroatoms. The summed E-state index contributed by atoms with van der Waals surface area (Å²) in [6.45, 7) is 0.941. The lowest BCUT2D eigenvalue weighted by atomic mass is 10.1. The first-order valence-corrected chi connectivity index (χ1v) is 8.64. The number of rotatable bonds is 8. The molecule has 1 amide bonds. The summed E-state index contributed by atoms with van der Waals surface area (Å²) in [5.74, 6) is 1.68. The highest BCUT2D eigenvalue weighted by Crippen LogP contribution is 2.39. The van der Waals surface area contributed by atoms with Gasteiger partial charge < -0.3 is 18.9 Å². The van der Waals surface area contributed by atoms with E-state index in [0.29, 0.717) is 41.1 Å². The molecule has 1 aromatic rings. The predicted molar refractivity (Wildman–Crippen MR) is 97.4 cm³/mol. The van der Waals surface area contributed by atoms with E-state index in [2.05, 4.69) is 0 Å². The molecule has 0 unspecified atom stereocenters. The molecule has 1 fully saturated rings. The molecular formula is C16H21NO5S2. The highest BCUT2D eigenvalue weighted by atomic mass is 32.2. The van der Waals surface area contributed by atoms with Crippen LogP contribution in [0.1, 0.15) is 5.56 Å². The fourth-order valence-corrected chi connectivity index (χ4v) is 4.07. The summed E-state index contributed by atoms with van der Waals surface area (Å²) in [5, 5.41) is -0.253. The van der Waals surface area contributed by atoms with Crippen LogP contribution in [0.2, 0.25) is 0 Å². The molecule has 0 spiro atoms. The van der Waals surface area contributed by atoms with Gasteiger partial charge in [-0.3, -0.25) is 9.69 Å². The molecule has 132 valence electrons. The Morgan fingerprint density at radius 2 is 1.75 bits per heavy atom. The molecule has 1 aliphatic heterocycles. The van der Waals surface area contributed by atoms with Crippen LogP contribution in [-0.2, 0) is 16.0 Å². The van der Waals surface area contributed by atoms with Crippen molar-refractivity contribution in [3.8, 4) is 17.2 Å². The topological polar surface area (TPSA) is 57.2 Å². The molecule has 6 nitrogen and oxygen atoms in total. The lowest BCUT2D eigenvalue weighted by molar-refractivity contribution is -0.126. The van der Waals surface area contributed by atoms with Gasteiger partial charge in [-0.25, -0.2) is 0 Å². The number of ether oxygens (including phenoxy) is 4. The van der Waals surface area contributed by atoms with Crippen molar-refractivity contribution in [3.63, 3.8) is 0 Å². The number of methoxy groups -OCH3 is 4. The number of thioether (sulfide) groups is 1. The molecule has 0 N–H and O–H groups in total. The van der Waals surface area contributed by atoms with E-state index >= 15 is 0 Å². The van der Waals surface area contributed by atoms with E-state index in [4.69, 9.17) is 31.2 Å². The first kappa shape index (κ1) is 18.8. The third-order valence-corrected chi connectivity index (χ3v) is 5.25. The minimum atomic E-state index is -0.253. The van der Waals surface area contributed by atoms with Gasteiger partial charge in [0, 0.05) is 7.11 Å². The van der Waals surface area contributed by atoms with Gasteiger partial charge in [0.15, 0.2) is 11.5 Å². The Morgan fingerprint density at radius 1 is 1.12 bits per heavy atom. The quantitative estimate of drug-likeness (QED) is 0.649. The molecule has 1 aliphatic rings. The van der Waals surface area contributed by atoms with Crippen LogP contribution in [-0.4, -0.2) is 62.0 Å². The monoisotopic (exact) mass is 371 g/mol. The normalized spacial score (nSPS) is 17.3. The van der Waals surface area contributed by atoms with Crippen molar-refractivity contribution < 1.29 is 23.7 Å². The predicted octanol–water partition coefficient (Wildman–Crippen LogP) is 2.13. The number of hydrogen-bond acceptors (Lipinski definition) is 7. The second-order valence-electron chi connectivity index (χ2n) is 5.09. The standard InChI is InChI=1S/C16H21NO5S2/c1-19-6-5-17-15(18)13(24-16(17)23)9-10-7-11(20-2)14(22-4)12(8-10)21-3/h7-8,13H,5-6,9H2,1-4H3/t13-/m0/s1. The average Bonchev–Trinajstić information content (AvgIpc) is 2.85. The number of hydrogen-bond donors (Lipinski definition) is 0. The van der Waals surface area contributed by atoms with Crippen LogP contribution >= 0.6 is 24.0 Å². The van der Waals surface area contributed by atoms with Crippen LogP contribution in [0.5, 0.6) is 17.2 Å². The largest absolute Gasteiger partial charge is 0.493 e. The Labute approximate surface area is 151 Å². The Bertz CT molecular complexity index is 597. The smallest absolute Gasteiger partial charge is 0.242 e. The highest BCUT2D eigenvalue weighted by Gasteiger charge is 2.36. The summed E-state index contributed by atoms with van der Waals surface area (Å²) < 4.78 is 21.7. The van der Waals surface area contributed by atoms with E-state index in [1.807, 2.05) is 12.1 Å². The Hall–Kier alpha value is -1.51. The zero-order valence-corrected chi connectivity index (χ0v) is 15.8. The lowest BCUT2D eigenvalue weighted by Crippen LogP contribution is -2.34. The number of carbonyl (C=O) groups is 1. The van der Waals surface area contributed by atoms with Crippen molar-refractivity contribution in [2.45, 2.75) is 11.7 Å². The van der Waals surface area contributed by atoms with Gasteiger partial charge in [0.2, 0.25) is 11.7 Å². The molecule has 2 rings (SSSR count). The minimum Gasteiger partial charge on any atom is -0.493 e. The van der Waals surface area contributed by atoms with E-state index in [1.54, 1.807) is 33.3 Å². The molecule has 1 heterocycles. The van der Waals surface area contributed by atoms with E-state index in [-0.39, 0.29) is 11.2 Å². The number of thiocarbonyl (C=S) groups is 1. The first-order valence-electron chi connectivity index (χ1n) is 7.35. The summed E-state index contributed by atoms with van der Waals surface area (Å²) in [7, 11) is 6.29. The van der Waals surface area contributed by atoms with Crippen LogP contribution in [0.3, 0.4) is 0 Å². The lowest BCUT2D eigenvalue weighted by Gasteiger charge is -2.16. The Morgan fingerprint density at radius 3 is 2.25 bits per heavy atom. The summed E-state index contributed by atoms with van der Waals surface area (Å²) in [4.78, 5) is 14.1. The molecule has 0 saturated carbocycles. The van der Waals surface area contributed by atoms with Crippen LogP contribution < -0.4 is 14.2 Å². The van der Waals surface area contributed by atoms with Crippen molar-refractivity contribution in [3.05, 3.63) is 17.7 Å². The van der Waals surface area contributed by atoms with Gasteiger partial charge in [-0.05, 0) is 24.1 Å². The van der Waals surface area contributed by atoms with Crippen LogP contribution in [0.4, 0.5) is 0 Å². The van der Waals surface area contributed by atoms with Gasteiger partial charge in [-0.2, -0.15) is 0 Å². The maximum atomic E-state index is 12.5. The van der Waals surface area contributed by atoms with Gasteiger partial charge in [0.1, 0.15) is 4.32 Å². The van der Waals surface area contributed by atoms with Gasteiger partial charge >= 0.3 is 0 Å². The molecule has 0 aliphatic carbocycles.